The lowest BCUT2D eigenvalue weighted by Gasteiger charge is -2.34. The quantitative estimate of drug-likeness (QED) is 0.0448. The van der Waals surface area contributed by atoms with E-state index in [9.17, 15) is 48.6 Å². The van der Waals surface area contributed by atoms with Crippen molar-refractivity contribution in [3.05, 3.63) is 71.8 Å². The Kier molecular flexibility index (Phi) is 31.7. The van der Waals surface area contributed by atoms with Crippen molar-refractivity contribution < 1.29 is 48.6 Å². The van der Waals surface area contributed by atoms with Gasteiger partial charge in [0.1, 0.15) is 6.23 Å². The van der Waals surface area contributed by atoms with Crippen LogP contribution >= 0.6 is 0 Å². The molecule has 0 aliphatic rings. The van der Waals surface area contributed by atoms with Crippen LogP contribution in [0.3, 0.4) is 0 Å². The number of carbonyl (C=O) groups is 8. The summed E-state index contributed by atoms with van der Waals surface area (Å²) in [6.07, 6.45) is 1.60. The minimum atomic E-state index is -1.13. The molecule has 9 N–H and O–H groups in total. The number of carbonyl (C=O) groups excluding carboxylic acids is 7. The Balaban J connectivity index is 2.38. The van der Waals surface area contributed by atoms with Gasteiger partial charge in [-0.3, -0.25) is 43.3 Å². The molecular formula is C59H97N9O10. The molecule has 2 aromatic carbocycles. The molecule has 0 fully saturated rings. The summed E-state index contributed by atoms with van der Waals surface area (Å²) in [6, 6.07) is 16.5. The lowest BCUT2D eigenvalue weighted by atomic mass is 10.0. The van der Waals surface area contributed by atoms with E-state index >= 15 is 0 Å². The number of hydrogen-bond donors (Lipinski definition) is 7. The summed E-state index contributed by atoms with van der Waals surface area (Å²) < 4.78 is 0. The number of primary amides is 1. The second-order valence-electron chi connectivity index (χ2n) is 23.3. The molecular weight excluding hydrogens is 995 g/mol. The second kappa shape index (κ2) is 36.3. The normalized spacial score (nSPS) is 13.5. The highest BCUT2D eigenvalue weighted by molar-refractivity contribution is 5.87. The van der Waals surface area contributed by atoms with Crippen LogP contribution in [0.15, 0.2) is 60.7 Å². The first-order chi connectivity index (χ1) is 36.7. The molecule has 0 spiro atoms. The maximum absolute atomic E-state index is 14.3. The number of nitrogens with zero attached hydrogens (tertiary/aromatic N) is 4. The van der Waals surface area contributed by atoms with Crippen molar-refractivity contribution in [3.63, 3.8) is 0 Å². The third kappa shape index (κ3) is 30.3. The zero-order valence-corrected chi connectivity index (χ0v) is 48.6. The molecule has 0 aliphatic carbocycles. The van der Waals surface area contributed by atoms with Crippen LogP contribution in [-0.4, -0.2) is 160 Å². The largest absolute Gasteiger partial charge is 0.481 e. The number of hydrogen-bond acceptors (Lipinski definition) is 11. The van der Waals surface area contributed by atoms with Crippen LogP contribution < -0.4 is 27.4 Å². The van der Waals surface area contributed by atoms with E-state index in [-0.39, 0.29) is 125 Å². The van der Waals surface area contributed by atoms with Gasteiger partial charge in [0, 0.05) is 76.0 Å². The van der Waals surface area contributed by atoms with E-state index in [4.69, 9.17) is 11.5 Å². The molecule has 19 nitrogen and oxygen atoms in total. The summed E-state index contributed by atoms with van der Waals surface area (Å²) in [4.78, 5) is 113. The highest BCUT2D eigenvalue weighted by Gasteiger charge is 2.31. The molecule has 7 amide bonds. The Morgan fingerprint density at radius 1 is 0.487 bits per heavy atom. The fourth-order valence-corrected chi connectivity index (χ4v) is 9.53. The van der Waals surface area contributed by atoms with Crippen molar-refractivity contribution in [2.24, 2.45) is 41.1 Å². The van der Waals surface area contributed by atoms with Crippen LogP contribution in [0, 0.1) is 29.6 Å². The predicted molar refractivity (Wildman–Crippen MR) is 304 cm³/mol. The number of carboxylic acid groups (broad SMARTS) is 1. The van der Waals surface area contributed by atoms with E-state index in [0.29, 0.717) is 38.5 Å². The third-order valence-electron chi connectivity index (χ3n) is 12.9. The molecule has 1 unspecified atom stereocenters. The first-order valence-corrected chi connectivity index (χ1v) is 28.2. The summed E-state index contributed by atoms with van der Waals surface area (Å²) in [5.74, 6) is -3.95. The topological polar surface area (TPSA) is 278 Å². The number of carboxylic acids is 1. The van der Waals surface area contributed by atoms with Crippen LogP contribution in [0.4, 0.5) is 0 Å². The lowest BCUT2D eigenvalue weighted by Crippen LogP contribution is -2.55. The highest BCUT2D eigenvalue weighted by atomic mass is 16.4. The Bertz CT molecular complexity index is 2140. The Morgan fingerprint density at radius 2 is 0.897 bits per heavy atom. The number of nitrogens with one attached hydrogen (secondary N) is 3. The monoisotopic (exact) mass is 1090 g/mol. The summed E-state index contributed by atoms with van der Waals surface area (Å²) in [6.45, 7) is 18.4. The average molecular weight is 1090 g/mol. The number of rotatable bonds is 39. The molecule has 2 rings (SSSR count). The Hall–Kier alpha value is -5.92. The van der Waals surface area contributed by atoms with Crippen LogP contribution in [0.5, 0.6) is 0 Å². The van der Waals surface area contributed by atoms with Crippen LogP contribution in [-0.2, 0) is 51.2 Å². The van der Waals surface area contributed by atoms with E-state index in [1.807, 2.05) is 116 Å². The number of aliphatic carboxylic acids is 1. The molecule has 2 aromatic rings. The van der Waals surface area contributed by atoms with Gasteiger partial charge >= 0.3 is 5.97 Å². The van der Waals surface area contributed by atoms with Crippen molar-refractivity contribution in [1.82, 2.24) is 35.6 Å². The van der Waals surface area contributed by atoms with Gasteiger partial charge in [-0.15, -0.1) is 0 Å². The third-order valence-corrected chi connectivity index (χ3v) is 12.9. The number of nitrogens with two attached hydrogens (primary N) is 2. The predicted octanol–water partition coefficient (Wildman–Crippen LogP) is 4.72. The van der Waals surface area contributed by atoms with Gasteiger partial charge in [0.2, 0.25) is 41.4 Å². The van der Waals surface area contributed by atoms with Gasteiger partial charge in [-0.05, 0) is 85.7 Å². The molecule has 438 valence electrons. The van der Waals surface area contributed by atoms with Gasteiger partial charge in [0.25, 0.3) is 0 Å². The number of aryl methyl sites for hydroxylation is 2. The van der Waals surface area contributed by atoms with E-state index in [2.05, 4.69) is 29.8 Å². The lowest BCUT2D eigenvalue weighted by molar-refractivity contribution is -0.139. The van der Waals surface area contributed by atoms with Crippen molar-refractivity contribution in [1.29, 1.82) is 0 Å². The SMILES string of the molecule is CC(C)CC(=O)N(CC(=O)N[C@@H](CCC(=O)O)CN(CC(N)=O)C(=O)CCc1ccccc1)C[C@H](CC(C)C)NC(=O)CN(C[C@H](CC(C)C)NC(=O)CN(C[C@@H](N)CC(C)C)C(=O)CCc1ccccc1)C(O)CC(C)C. The highest BCUT2D eigenvalue weighted by Crippen LogP contribution is 2.17. The molecule has 0 aliphatic heterocycles. The Morgan fingerprint density at radius 3 is 1.33 bits per heavy atom. The molecule has 19 heteroatoms. The van der Waals surface area contributed by atoms with Crippen LogP contribution in [0.25, 0.3) is 0 Å². The van der Waals surface area contributed by atoms with Gasteiger partial charge in [0.15, 0.2) is 0 Å². The summed E-state index contributed by atoms with van der Waals surface area (Å²) in [5.41, 5.74) is 14.0. The summed E-state index contributed by atoms with van der Waals surface area (Å²) in [7, 11) is 0. The maximum atomic E-state index is 14.3. The van der Waals surface area contributed by atoms with Gasteiger partial charge in [-0.2, -0.15) is 0 Å². The maximum Gasteiger partial charge on any atom is 0.303 e. The molecule has 0 saturated heterocycles. The fourth-order valence-electron chi connectivity index (χ4n) is 9.53. The number of amides is 7. The fraction of sp³-hybridized carbons (Fsp3) is 0.661. The van der Waals surface area contributed by atoms with Gasteiger partial charge in [0.05, 0.1) is 26.2 Å². The van der Waals surface area contributed by atoms with Gasteiger partial charge in [-0.1, -0.05) is 130 Å². The molecule has 0 bridgehead atoms. The summed E-state index contributed by atoms with van der Waals surface area (Å²) >= 11 is 0. The van der Waals surface area contributed by atoms with Crippen LogP contribution in [0.1, 0.15) is 138 Å². The first-order valence-electron chi connectivity index (χ1n) is 28.2. The number of aliphatic hydroxyl groups excluding tert-OH is 1. The van der Waals surface area contributed by atoms with Crippen LogP contribution in [0.2, 0.25) is 0 Å². The standard InChI is InChI=1S/C59H97N9O10/c1-40(2)27-47(60)32-65(55(73)24-21-45-17-13-11-14-18-45)37-53(71)63-49(28-41(3)4)35-68(58(76)31-44(9)10)39-54(72)64-50(29-42(5)6)34-67(57(75)30-43(7)8)38-52(70)62-48(23-26-59(77)78)33-66(36-51(61)69)56(74)25-22-46-19-15-12-16-20-46/h11-20,40-44,47-50,58,76H,21-39,60H2,1-10H3,(H2,61,69)(H,62,70)(H,63,71)(H,64,72)(H,77,78)/t47-,48-,49-,50-,58?/m0/s1. The van der Waals surface area contributed by atoms with E-state index in [0.717, 1.165) is 11.1 Å². The molecule has 78 heavy (non-hydrogen) atoms. The zero-order chi connectivity index (χ0) is 58.5. The molecule has 0 aromatic heterocycles. The number of aliphatic hydroxyl groups is 1. The zero-order valence-electron chi connectivity index (χ0n) is 48.6. The smallest absolute Gasteiger partial charge is 0.303 e. The van der Waals surface area contributed by atoms with Crippen molar-refractivity contribution in [2.45, 2.75) is 170 Å². The van der Waals surface area contributed by atoms with Gasteiger partial charge in [-0.25, -0.2) is 0 Å². The molecule has 0 radical (unpaired) electrons. The minimum Gasteiger partial charge on any atom is -0.481 e. The van der Waals surface area contributed by atoms with E-state index in [1.54, 1.807) is 4.90 Å². The summed E-state index contributed by atoms with van der Waals surface area (Å²) in [5, 5.41) is 30.3. The molecule has 0 heterocycles. The minimum absolute atomic E-state index is 0.0280. The number of benzene rings is 2. The Labute approximate surface area is 465 Å². The van der Waals surface area contributed by atoms with E-state index in [1.165, 1.54) is 14.7 Å². The molecule has 5 atom stereocenters. The van der Waals surface area contributed by atoms with E-state index < -0.39 is 67.0 Å². The first kappa shape index (κ1) is 68.2. The van der Waals surface area contributed by atoms with Crippen molar-refractivity contribution in [2.75, 3.05) is 52.4 Å². The van der Waals surface area contributed by atoms with Crippen molar-refractivity contribution >= 4 is 47.3 Å². The second-order valence-corrected chi connectivity index (χ2v) is 23.3. The molecule has 0 saturated carbocycles. The van der Waals surface area contributed by atoms with Crippen molar-refractivity contribution in [3.8, 4) is 0 Å². The average Bonchev–Trinajstić information content (AvgIpc) is 3.33. The van der Waals surface area contributed by atoms with Gasteiger partial charge < -0.3 is 52.3 Å².